The van der Waals surface area contributed by atoms with Gasteiger partial charge >= 0.3 is 5.97 Å². The number of hydrogen-bond acceptors (Lipinski definition) is 15. The number of aliphatic hydroxyl groups excluding tert-OH is 5. The normalized spacial score (nSPS) is 30.6. The summed E-state index contributed by atoms with van der Waals surface area (Å²) in [6.45, 7) is 3.84. The summed E-state index contributed by atoms with van der Waals surface area (Å²) in [4.78, 5) is 48.4. The minimum Gasteiger partial charge on any atom is -0.492 e. The molecule has 7 N–H and O–H groups in total. The SMILES string of the molecule is CCOC(=O)C1=C(C=O)C2=C3C[C@H](CO)C(=O)[C@@H](C3)c3cc4cc[nH]c4cc3CC[C@H](CO)COc3c4c(c(CO)c(c32)O1)O[C@@]1(C=C[C@@H](CCO)[C@@H]2C(CO)=C[C@@H]3[C@H](CC)N(CCCOC)CC[C@@H]3[C@]21O)C4. The Morgan fingerprint density at radius 3 is 2.59 bits per heavy atom. The van der Waals surface area contributed by atoms with Gasteiger partial charge in [0.2, 0.25) is 5.76 Å². The summed E-state index contributed by atoms with van der Waals surface area (Å²) in [6.07, 6.45) is 11.9. The first-order valence-corrected chi connectivity index (χ1v) is 26.3. The van der Waals surface area contributed by atoms with Gasteiger partial charge in [0.25, 0.3) is 0 Å². The van der Waals surface area contributed by atoms with Crippen molar-refractivity contribution in [1.82, 2.24) is 9.88 Å². The zero-order chi connectivity index (χ0) is 51.3. The van der Waals surface area contributed by atoms with Crippen LogP contribution in [0.2, 0.25) is 0 Å². The lowest BCUT2D eigenvalue weighted by Crippen LogP contribution is -2.72. The molecule has 1 saturated carbocycles. The van der Waals surface area contributed by atoms with Crippen LogP contribution < -0.4 is 14.2 Å². The lowest BCUT2D eigenvalue weighted by molar-refractivity contribution is -0.207. The molecule has 2 aromatic carbocycles. The highest BCUT2D eigenvalue weighted by atomic mass is 16.6. The topological polar surface area (TPSA) is 238 Å². The van der Waals surface area contributed by atoms with Crippen LogP contribution in [0.25, 0.3) is 16.5 Å². The fraction of sp³-hybridized carbons (Fsp3) is 0.561. The molecule has 10 atom stereocenters. The Kier molecular flexibility index (Phi) is 14.7. The van der Waals surface area contributed by atoms with Crippen LogP contribution in [0.15, 0.2) is 65.1 Å². The van der Waals surface area contributed by atoms with Crippen molar-refractivity contribution in [1.29, 1.82) is 0 Å². The number of benzene rings is 2. The van der Waals surface area contributed by atoms with Crippen LogP contribution in [-0.4, -0.2) is 142 Å². The highest BCUT2D eigenvalue weighted by molar-refractivity contribution is 6.11. The second-order valence-corrected chi connectivity index (χ2v) is 21.1. The summed E-state index contributed by atoms with van der Waals surface area (Å²) in [5.74, 6) is -4.99. The van der Waals surface area contributed by atoms with E-state index in [1.165, 1.54) is 0 Å². The molecule has 0 amide bonds. The number of ketones is 1. The monoisotopic (exact) mass is 1010 g/mol. The molecule has 1 spiro atoms. The second-order valence-electron chi connectivity index (χ2n) is 21.1. The van der Waals surface area contributed by atoms with E-state index in [4.69, 9.17) is 23.7 Å². The van der Waals surface area contributed by atoms with Crippen LogP contribution in [0.5, 0.6) is 17.2 Å². The summed E-state index contributed by atoms with van der Waals surface area (Å²) in [5, 5.41) is 70.8. The number of ether oxygens (including phenoxy) is 5. The number of aryl methyl sites for hydroxylation is 1. The lowest BCUT2D eigenvalue weighted by atomic mass is 9.49. The number of carbonyl (C=O) groups is 3. The summed E-state index contributed by atoms with van der Waals surface area (Å²) < 4.78 is 32.0. The molecule has 3 aromatic rings. The van der Waals surface area contributed by atoms with Gasteiger partial charge in [-0.15, -0.1) is 0 Å². The maximum absolute atomic E-state index is 14.7. The Hall–Kier alpha value is -5.17. The average molecular weight is 1010 g/mol. The van der Waals surface area contributed by atoms with Crippen LogP contribution >= 0.6 is 0 Å². The van der Waals surface area contributed by atoms with Crippen LogP contribution in [0.1, 0.15) is 92.5 Å². The van der Waals surface area contributed by atoms with Gasteiger partial charge in [-0.05, 0) is 123 Å². The predicted molar refractivity (Wildman–Crippen MR) is 269 cm³/mol. The molecular formula is C57H70N2O14. The van der Waals surface area contributed by atoms with Crippen molar-refractivity contribution in [3.63, 3.8) is 0 Å². The number of aromatic amines is 1. The van der Waals surface area contributed by atoms with Gasteiger partial charge in [-0.2, -0.15) is 0 Å². The van der Waals surface area contributed by atoms with E-state index in [2.05, 4.69) is 22.9 Å². The molecule has 3 aliphatic carbocycles. The number of nitrogens with one attached hydrogen (secondary N) is 1. The molecular weight excluding hydrogens is 937 g/mol. The third-order valence-electron chi connectivity index (χ3n) is 17.5. The van der Waals surface area contributed by atoms with Crippen molar-refractivity contribution in [2.24, 2.45) is 35.5 Å². The zero-order valence-electron chi connectivity index (χ0n) is 42.1. The molecule has 0 unspecified atom stereocenters. The Morgan fingerprint density at radius 2 is 1.88 bits per heavy atom. The van der Waals surface area contributed by atoms with E-state index in [0.29, 0.717) is 61.8 Å². The lowest BCUT2D eigenvalue weighted by Gasteiger charge is -2.62. The summed E-state index contributed by atoms with van der Waals surface area (Å²) >= 11 is 0. The highest BCUT2D eigenvalue weighted by Crippen LogP contribution is 2.64. The maximum Gasteiger partial charge on any atom is 0.375 e. The Labute approximate surface area is 425 Å². The van der Waals surface area contributed by atoms with Gasteiger partial charge in [0.15, 0.2) is 11.9 Å². The summed E-state index contributed by atoms with van der Waals surface area (Å²) in [6, 6.07) is 5.96. The van der Waals surface area contributed by atoms with Crippen molar-refractivity contribution in [3.05, 3.63) is 92.9 Å². The minimum atomic E-state index is -1.72. The molecule has 16 heteroatoms. The number of hydrogen-bond donors (Lipinski definition) is 7. The van der Waals surface area contributed by atoms with Crippen molar-refractivity contribution in [2.45, 2.75) is 101 Å². The quantitative estimate of drug-likeness (QED) is 0.0498. The number of likely N-dealkylation sites (tertiary alicyclic amines) is 1. The van der Waals surface area contributed by atoms with Crippen molar-refractivity contribution in [2.75, 3.05) is 66.4 Å². The number of piperidine rings is 1. The average Bonchev–Trinajstić information content (AvgIpc) is 4.04. The van der Waals surface area contributed by atoms with E-state index in [9.17, 15) is 45.0 Å². The molecule has 5 heterocycles. The molecule has 1 saturated heterocycles. The number of aliphatic hydroxyl groups is 6. The first kappa shape index (κ1) is 51.3. The van der Waals surface area contributed by atoms with E-state index >= 15 is 0 Å². The molecule has 10 rings (SSSR count). The number of allylic oxidation sites excluding steroid dienone is 4. The number of aromatic nitrogens is 1. The molecule has 2 fully saturated rings. The van der Waals surface area contributed by atoms with E-state index in [1.807, 2.05) is 36.5 Å². The Balaban J connectivity index is 1.22. The number of nitrogens with zero attached hydrogens (tertiary/aromatic N) is 1. The molecule has 1 aromatic heterocycles. The molecule has 16 nitrogen and oxygen atoms in total. The van der Waals surface area contributed by atoms with Gasteiger partial charge in [0, 0.05) is 98.4 Å². The largest absolute Gasteiger partial charge is 0.492 e. The molecule has 73 heavy (non-hydrogen) atoms. The number of H-pyrrole nitrogens is 1. The van der Waals surface area contributed by atoms with Gasteiger partial charge in [0.1, 0.15) is 28.6 Å². The van der Waals surface area contributed by atoms with Gasteiger partial charge in [-0.1, -0.05) is 24.6 Å². The van der Waals surface area contributed by atoms with Crippen LogP contribution in [0, 0.1) is 35.5 Å². The first-order chi connectivity index (χ1) is 35.5. The van der Waals surface area contributed by atoms with Crippen molar-refractivity contribution in [3.8, 4) is 17.2 Å². The third kappa shape index (κ3) is 8.31. The summed E-state index contributed by atoms with van der Waals surface area (Å²) in [5.41, 5.74) is 1.41. The van der Waals surface area contributed by atoms with E-state index in [0.717, 1.165) is 41.4 Å². The maximum atomic E-state index is 14.7. The van der Waals surface area contributed by atoms with E-state index in [1.54, 1.807) is 14.0 Å². The highest BCUT2D eigenvalue weighted by Gasteiger charge is 2.69. The fourth-order valence-electron chi connectivity index (χ4n) is 14.2. The number of Topliss-reactive ketones (excluding diaryl/α,β-unsaturated/α-hetero) is 1. The number of carbonyl (C=O) groups excluding carboxylic acids is 3. The van der Waals surface area contributed by atoms with Crippen LogP contribution in [0.4, 0.5) is 0 Å². The molecule has 4 aliphatic heterocycles. The first-order valence-electron chi connectivity index (χ1n) is 26.3. The number of methoxy groups -OCH3 is 1. The van der Waals surface area contributed by atoms with Crippen LogP contribution in [-0.2, 0) is 43.3 Å². The third-order valence-corrected chi connectivity index (χ3v) is 17.5. The van der Waals surface area contributed by atoms with Gasteiger partial charge < -0.3 is 59.3 Å². The predicted octanol–water partition coefficient (Wildman–Crippen LogP) is 4.79. The summed E-state index contributed by atoms with van der Waals surface area (Å²) in [7, 11) is 1.69. The van der Waals surface area contributed by atoms with Crippen LogP contribution in [0.3, 0.4) is 0 Å². The fourth-order valence-corrected chi connectivity index (χ4v) is 14.2. The van der Waals surface area contributed by atoms with Gasteiger partial charge in [0.05, 0.1) is 49.7 Å². The molecule has 7 aliphatic rings. The minimum absolute atomic E-state index is 0.00126. The van der Waals surface area contributed by atoms with Gasteiger partial charge in [-0.25, -0.2) is 4.79 Å². The molecule has 2 bridgehead atoms. The van der Waals surface area contributed by atoms with E-state index in [-0.39, 0.29) is 115 Å². The number of fused-ring (bicyclic) bond motifs is 11. The number of aldehydes is 1. The van der Waals surface area contributed by atoms with Gasteiger partial charge in [-0.3, -0.25) is 14.5 Å². The molecule has 392 valence electrons. The van der Waals surface area contributed by atoms with E-state index < -0.39 is 65.7 Å². The Bertz CT molecular complexity index is 2770. The second kappa shape index (κ2) is 20.9. The number of esters is 1. The number of rotatable bonds is 14. The van der Waals surface area contributed by atoms with Crippen molar-refractivity contribution >= 4 is 34.5 Å². The smallest absolute Gasteiger partial charge is 0.375 e. The van der Waals surface area contributed by atoms with Crippen molar-refractivity contribution < 1.29 is 68.7 Å². The standard InChI is InChI=1S/C57H70N2O14/c1-4-46-40-22-36(26-62)49-32(12-17-60)9-13-56(57(49,68)44(40)11-16-59(46)15-6-18-69-3)24-41-51(73-56)43(29-65)53-48-47(42(28-64)54(72-53)55(67)70-5-2)35-19-37(27-63)50(66)39(21-35)38-20-34-10-14-58-45(34)23-33(38)8-7-31(25-61)30-71-52(41)48/h9-10,13-14,20,22-23,28,31-32,37,39-40,44,46,49,58,60-63,65,68H,4-8,11-12,15-19,21,24-27,29-30H2,1-3H3/t31-,32+,37-,39+,40+,44+,46+,49-,56+,57+/m1/s1. The molecule has 0 radical (unpaired) electrons. The Morgan fingerprint density at radius 1 is 1.04 bits per heavy atom. The zero-order valence-corrected chi connectivity index (χ0v) is 42.1.